The molecule has 2 fully saturated rings. The molecule has 0 spiro atoms. The molecule has 3 heterocycles. The summed E-state index contributed by atoms with van der Waals surface area (Å²) in [6.45, 7) is 7.71. The number of piperazine rings is 1. The Morgan fingerprint density at radius 2 is 1.88 bits per heavy atom. The number of aryl methyl sites for hydroxylation is 1. The molecule has 25 heavy (non-hydrogen) atoms. The van der Waals surface area contributed by atoms with Crippen LogP contribution in [0.25, 0.3) is 0 Å². The van der Waals surface area contributed by atoms with Crippen molar-refractivity contribution in [2.75, 3.05) is 24.6 Å². The van der Waals surface area contributed by atoms with E-state index in [2.05, 4.69) is 11.8 Å². The Bertz CT molecular complexity index is 725. The lowest BCUT2D eigenvalue weighted by Crippen LogP contribution is -2.60. The summed E-state index contributed by atoms with van der Waals surface area (Å²) in [6, 6.07) is 3.61. The molecular formula is C18H28N2O4S. The highest BCUT2D eigenvalue weighted by atomic mass is 32.2. The molecule has 2 saturated heterocycles. The number of carbonyl (C=O) groups is 1. The summed E-state index contributed by atoms with van der Waals surface area (Å²) in [5.74, 6) is 1.98. The molecule has 7 heteroatoms. The Balaban J connectivity index is 1.77. The van der Waals surface area contributed by atoms with Crippen LogP contribution in [0, 0.1) is 5.92 Å². The molecule has 0 unspecified atom stereocenters. The fourth-order valence-corrected chi connectivity index (χ4v) is 5.93. The van der Waals surface area contributed by atoms with Crippen LogP contribution in [0.5, 0.6) is 0 Å². The maximum absolute atomic E-state index is 12.5. The number of nitrogens with zero attached hydrogens (tertiary/aromatic N) is 2. The molecule has 0 radical (unpaired) electrons. The average molecular weight is 368 g/mol. The summed E-state index contributed by atoms with van der Waals surface area (Å²) >= 11 is 0. The minimum absolute atomic E-state index is 0.0509. The lowest BCUT2D eigenvalue weighted by Gasteiger charge is -2.44. The zero-order valence-corrected chi connectivity index (χ0v) is 16.1. The molecule has 2 aliphatic heterocycles. The van der Waals surface area contributed by atoms with E-state index in [-0.39, 0.29) is 35.4 Å². The van der Waals surface area contributed by atoms with E-state index < -0.39 is 9.84 Å². The summed E-state index contributed by atoms with van der Waals surface area (Å²) in [5.41, 5.74) is 0. The van der Waals surface area contributed by atoms with Crippen molar-refractivity contribution in [3.8, 4) is 0 Å². The third-order valence-corrected chi connectivity index (χ3v) is 6.84. The minimum atomic E-state index is -3.12. The molecule has 0 bridgehead atoms. The van der Waals surface area contributed by atoms with Crippen LogP contribution in [0.4, 0.5) is 0 Å². The summed E-state index contributed by atoms with van der Waals surface area (Å²) < 4.78 is 30.3. The number of rotatable bonds is 5. The molecule has 0 aromatic carbocycles. The molecule has 1 aromatic rings. The maximum atomic E-state index is 12.5. The van der Waals surface area contributed by atoms with Gasteiger partial charge in [0.2, 0.25) is 5.91 Å². The maximum Gasteiger partial charge on any atom is 0.225 e. The summed E-state index contributed by atoms with van der Waals surface area (Å²) in [7, 11) is -3.12. The van der Waals surface area contributed by atoms with Crippen LogP contribution < -0.4 is 0 Å². The SMILES string of the molecule is CCCc1ccc(CN2CCN(C(=O)C(C)C)[C@H]3CS(=O)(=O)C[C@H]32)o1. The van der Waals surface area contributed by atoms with Gasteiger partial charge in [0.15, 0.2) is 9.84 Å². The fraction of sp³-hybridized carbons (Fsp3) is 0.722. The fourth-order valence-electron chi connectivity index (χ4n) is 3.91. The number of hydrogen-bond donors (Lipinski definition) is 0. The Morgan fingerprint density at radius 3 is 2.56 bits per heavy atom. The topological polar surface area (TPSA) is 70.8 Å². The third kappa shape index (κ3) is 3.92. The van der Waals surface area contributed by atoms with Gasteiger partial charge in [0.1, 0.15) is 11.5 Å². The molecule has 2 atom stereocenters. The first kappa shape index (κ1) is 18.5. The van der Waals surface area contributed by atoms with Crippen LogP contribution in [-0.2, 0) is 27.6 Å². The highest BCUT2D eigenvalue weighted by molar-refractivity contribution is 7.91. The number of furan rings is 1. The third-order valence-electron chi connectivity index (χ3n) is 5.14. The van der Waals surface area contributed by atoms with Gasteiger partial charge in [0, 0.05) is 31.5 Å². The molecule has 0 aliphatic carbocycles. The normalized spacial score (nSPS) is 26.2. The van der Waals surface area contributed by atoms with Gasteiger partial charge >= 0.3 is 0 Å². The Labute approximate surface area is 150 Å². The van der Waals surface area contributed by atoms with Gasteiger partial charge in [0.05, 0.1) is 24.1 Å². The van der Waals surface area contributed by atoms with Gasteiger partial charge in [-0.3, -0.25) is 9.69 Å². The largest absolute Gasteiger partial charge is 0.465 e. The van der Waals surface area contributed by atoms with Gasteiger partial charge < -0.3 is 9.32 Å². The zero-order valence-electron chi connectivity index (χ0n) is 15.3. The highest BCUT2D eigenvalue weighted by Crippen LogP contribution is 2.29. The van der Waals surface area contributed by atoms with Gasteiger partial charge in [-0.2, -0.15) is 0 Å². The molecular weight excluding hydrogens is 340 g/mol. The lowest BCUT2D eigenvalue weighted by atomic mass is 10.0. The van der Waals surface area contributed by atoms with Crippen molar-refractivity contribution in [3.05, 3.63) is 23.7 Å². The Kier molecular flexibility index (Phi) is 5.25. The van der Waals surface area contributed by atoms with E-state index in [0.29, 0.717) is 19.6 Å². The van der Waals surface area contributed by atoms with Gasteiger partial charge in [-0.05, 0) is 18.6 Å². The molecule has 2 aliphatic rings. The zero-order chi connectivity index (χ0) is 18.2. The van der Waals surface area contributed by atoms with E-state index in [1.165, 1.54) is 0 Å². The molecule has 140 valence electrons. The molecule has 1 amide bonds. The van der Waals surface area contributed by atoms with Crippen molar-refractivity contribution in [2.45, 2.75) is 52.2 Å². The van der Waals surface area contributed by atoms with E-state index >= 15 is 0 Å². The van der Waals surface area contributed by atoms with Crippen LogP contribution in [0.1, 0.15) is 38.7 Å². The standard InChI is InChI=1S/C18H28N2O4S/c1-4-5-14-6-7-15(24-14)10-19-8-9-20(18(21)13(2)3)17-12-25(22,23)11-16(17)19/h6-7,13,16-17H,4-5,8-12H2,1-3H3/t16-,17+/m1/s1. The number of hydrogen-bond acceptors (Lipinski definition) is 5. The molecule has 3 rings (SSSR count). The van der Waals surface area contributed by atoms with Crippen molar-refractivity contribution in [3.63, 3.8) is 0 Å². The first-order chi connectivity index (χ1) is 11.8. The van der Waals surface area contributed by atoms with E-state index in [0.717, 1.165) is 24.4 Å². The van der Waals surface area contributed by atoms with Crippen molar-refractivity contribution in [1.29, 1.82) is 0 Å². The van der Waals surface area contributed by atoms with Crippen LogP contribution in [0.2, 0.25) is 0 Å². The monoisotopic (exact) mass is 368 g/mol. The Morgan fingerprint density at radius 1 is 1.20 bits per heavy atom. The van der Waals surface area contributed by atoms with Crippen LogP contribution in [0.3, 0.4) is 0 Å². The first-order valence-electron chi connectivity index (χ1n) is 9.13. The van der Waals surface area contributed by atoms with Crippen LogP contribution in [-0.4, -0.2) is 60.8 Å². The number of sulfone groups is 1. The second kappa shape index (κ2) is 7.11. The van der Waals surface area contributed by atoms with E-state index in [1.54, 1.807) is 4.90 Å². The summed E-state index contributed by atoms with van der Waals surface area (Å²) in [5, 5.41) is 0. The van der Waals surface area contributed by atoms with E-state index in [1.807, 2.05) is 26.0 Å². The quantitative estimate of drug-likeness (QED) is 0.791. The Hall–Kier alpha value is -1.34. The average Bonchev–Trinajstić information content (AvgIpc) is 3.10. The second-order valence-corrected chi connectivity index (χ2v) is 9.64. The van der Waals surface area contributed by atoms with Gasteiger partial charge in [0.25, 0.3) is 0 Å². The van der Waals surface area contributed by atoms with Crippen LogP contribution in [0.15, 0.2) is 16.5 Å². The number of amides is 1. The van der Waals surface area contributed by atoms with Gasteiger partial charge in [-0.15, -0.1) is 0 Å². The molecule has 0 N–H and O–H groups in total. The number of fused-ring (bicyclic) bond motifs is 1. The van der Waals surface area contributed by atoms with Crippen molar-refractivity contribution >= 4 is 15.7 Å². The second-order valence-electron chi connectivity index (χ2n) is 7.49. The summed E-state index contributed by atoms with van der Waals surface area (Å²) in [4.78, 5) is 16.5. The van der Waals surface area contributed by atoms with Gasteiger partial charge in [-0.25, -0.2) is 8.42 Å². The van der Waals surface area contributed by atoms with Crippen LogP contribution >= 0.6 is 0 Å². The van der Waals surface area contributed by atoms with Gasteiger partial charge in [-0.1, -0.05) is 20.8 Å². The molecule has 0 saturated carbocycles. The van der Waals surface area contributed by atoms with Crippen molar-refractivity contribution < 1.29 is 17.6 Å². The van der Waals surface area contributed by atoms with Crippen molar-refractivity contribution in [2.24, 2.45) is 5.92 Å². The highest BCUT2D eigenvalue weighted by Gasteiger charge is 2.48. The molecule has 1 aromatic heterocycles. The van der Waals surface area contributed by atoms with E-state index in [9.17, 15) is 13.2 Å². The predicted molar refractivity (Wildman–Crippen MR) is 95.9 cm³/mol. The summed E-state index contributed by atoms with van der Waals surface area (Å²) in [6.07, 6.45) is 1.95. The van der Waals surface area contributed by atoms with E-state index in [4.69, 9.17) is 4.42 Å². The predicted octanol–water partition coefficient (Wildman–Crippen LogP) is 1.70. The lowest BCUT2D eigenvalue weighted by molar-refractivity contribution is -0.140. The minimum Gasteiger partial charge on any atom is -0.465 e. The molecule has 6 nitrogen and oxygen atoms in total. The smallest absolute Gasteiger partial charge is 0.225 e. The number of carbonyl (C=O) groups excluding carboxylic acids is 1. The van der Waals surface area contributed by atoms with Crippen molar-refractivity contribution in [1.82, 2.24) is 9.80 Å². The first-order valence-corrected chi connectivity index (χ1v) is 11.0.